The smallest absolute Gasteiger partial charge is 0.00267 e. The molecule has 44 valence electrons. The minimum absolute atomic E-state index is 0.882. The van der Waals surface area contributed by atoms with Crippen LogP contribution in [0.2, 0.25) is 0 Å². The minimum Gasteiger partial charge on any atom is -0.404 e. The Hall–Kier alpha value is -0.980. The van der Waals surface area contributed by atoms with Gasteiger partial charge in [0.1, 0.15) is 0 Å². The van der Waals surface area contributed by atoms with E-state index >= 15 is 0 Å². The molecule has 0 heterocycles. The molecule has 0 radical (unpaired) electrons. The van der Waals surface area contributed by atoms with Crippen molar-refractivity contribution in [2.75, 3.05) is 0 Å². The molecule has 2 N–H and O–H groups in total. The number of nitrogens with two attached hydrogens (primary N) is 1. The van der Waals surface area contributed by atoms with Gasteiger partial charge in [-0.15, -0.1) is 0 Å². The van der Waals surface area contributed by atoms with E-state index in [0.717, 1.165) is 11.1 Å². The lowest BCUT2D eigenvalue weighted by Crippen LogP contribution is -1.84. The fourth-order valence-electron chi connectivity index (χ4n) is 0.268. The molecule has 0 spiro atoms. The van der Waals surface area contributed by atoms with Crippen LogP contribution in [0.5, 0.6) is 0 Å². The summed E-state index contributed by atoms with van der Waals surface area (Å²) < 4.78 is 0. The summed E-state index contributed by atoms with van der Waals surface area (Å²) in [6.07, 6.45) is 3.20. The first-order valence-electron chi connectivity index (χ1n) is 2.42. The van der Waals surface area contributed by atoms with Crippen molar-refractivity contribution in [3.8, 4) is 0 Å². The van der Waals surface area contributed by atoms with Crippen LogP contribution in [0.1, 0.15) is 6.92 Å². The van der Waals surface area contributed by atoms with Gasteiger partial charge in [-0.3, -0.25) is 0 Å². The first-order valence-corrected chi connectivity index (χ1v) is 2.42. The van der Waals surface area contributed by atoms with Crippen LogP contribution in [0.4, 0.5) is 0 Å². The summed E-state index contributed by atoms with van der Waals surface area (Å²) >= 11 is 0. The van der Waals surface area contributed by atoms with E-state index in [0.29, 0.717) is 0 Å². The highest BCUT2D eigenvalue weighted by Gasteiger charge is 1.85. The maximum absolute atomic E-state index is 5.18. The zero-order valence-corrected chi connectivity index (χ0v) is 5.15. The van der Waals surface area contributed by atoms with E-state index in [1.54, 1.807) is 6.08 Å². The van der Waals surface area contributed by atoms with Crippen molar-refractivity contribution in [2.24, 2.45) is 5.73 Å². The average molecular weight is 109 g/mol. The molecule has 0 aromatic rings. The molecule has 0 amide bonds. The Bertz CT molecular complexity index is 131. The van der Waals surface area contributed by atoms with Gasteiger partial charge in [0.25, 0.3) is 0 Å². The number of hydrogen-bond donors (Lipinski definition) is 1. The van der Waals surface area contributed by atoms with Crippen molar-refractivity contribution >= 4 is 0 Å². The first-order chi connectivity index (χ1) is 3.72. The first kappa shape index (κ1) is 7.02. The van der Waals surface area contributed by atoms with Gasteiger partial charge in [0, 0.05) is 0 Å². The van der Waals surface area contributed by atoms with Gasteiger partial charge in [0.2, 0.25) is 0 Å². The van der Waals surface area contributed by atoms with Gasteiger partial charge in [-0.1, -0.05) is 19.2 Å². The fraction of sp³-hybridized carbons (Fsp3) is 0.143. The Morgan fingerprint density at radius 2 is 2.12 bits per heavy atom. The second kappa shape index (κ2) is 3.08. The van der Waals surface area contributed by atoms with E-state index in [2.05, 4.69) is 13.2 Å². The number of hydrogen-bond acceptors (Lipinski definition) is 1. The summed E-state index contributed by atoms with van der Waals surface area (Å²) in [4.78, 5) is 0. The lowest BCUT2D eigenvalue weighted by atomic mass is 10.1. The summed E-state index contributed by atoms with van der Waals surface area (Å²) in [5, 5.41) is 0. The van der Waals surface area contributed by atoms with Crippen LogP contribution in [0.25, 0.3) is 0 Å². The molecule has 0 aliphatic carbocycles. The molecule has 0 rings (SSSR count). The SMILES string of the molecule is C=CC(=C)/C(C)=C/N. The van der Waals surface area contributed by atoms with Crippen molar-refractivity contribution in [1.29, 1.82) is 0 Å². The normalized spacial score (nSPS) is 10.9. The van der Waals surface area contributed by atoms with Gasteiger partial charge in [-0.25, -0.2) is 0 Å². The minimum atomic E-state index is 0.882. The van der Waals surface area contributed by atoms with E-state index in [1.165, 1.54) is 6.20 Å². The van der Waals surface area contributed by atoms with Gasteiger partial charge in [0.15, 0.2) is 0 Å². The monoisotopic (exact) mass is 109 g/mol. The molecule has 0 saturated heterocycles. The molecule has 1 heteroatoms. The van der Waals surface area contributed by atoms with E-state index in [9.17, 15) is 0 Å². The molecule has 0 aromatic carbocycles. The average Bonchev–Trinajstić information content (AvgIpc) is 1.84. The molecule has 0 aliphatic rings. The Kier molecular flexibility index (Phi) is 2.70. The molecule has 0 saturated carbocycles. The van der Waals surface area contributed by atoms with Crippen LogP contribution < -0.4 is 5.73 Å². The summed E-state index contributed by atoms with van der Waals surface area (Å²) in [6, 6.07) is 0. The molecule has 0 fully saturated rings. The molecule has 0 atom stereocenters. The van der Waals surface area contributed by atoms with Crippen molar-refractivity contribution < 1.29 is 0 Å². The van der Waals surface area contributed by atoms with Crippen LogP contribution >= 0.6 is 0 Å². The Morgan fingerprint density at radius 3 is 2.25 bits per heavy atom. The molecule has 0 aliphatic heterocycles. The third-order valence-electron chi connectivity index (χ3n) is 1.00. The fourth-order valence-corrected chi connectivity index (χ4v) is 0.268. The highest BCUT2D eigenvalue weighted by molar-refractivity contribution is 5.33. The summed E-state index contributed by atoms with van der Waals surface area (Å²) in [7, 11) is 0. The van der Waals surface area contributed by atoms with E-state index in [-0.39, 0.29) is 0 Å². The highest BCUT2D eigenvalue weighted by atomic mass is 14.5. The maximum atomic E-state index is 5.18. The van der Waals surface area contributed by atoms with Gasteiger partial charge in [0.05, 0.1) is 0 Å². The van der Waals surface area contributed by atoms with Crippen molar-refractivity contribution in [3.05, 3.63) is 36.6 Å². The van der Waals surface area contributed by atoms with Crippen molar-refractivity contribution in [2.45, 2.75) is 6.92 Å². The molecule has 0 bridgehead atoms. The lowest BCUT2D eigenvalue weighted by molar-refractivity contribution is 1.38. The summed E-state index contributed by atoms with van der Waals surface area (Å²) in [5.74, 6) is 0. The van der Waals surface area contributed by atoms with Crippen LogP contribution in [0.15, 0.2) is 36.6 Å². The second-order valence-electron chi connectivity index (χ2n) is 1.58. The zero-order valence-electron chi connectivity index (χ0n) is 5.15. The van der Waals surface area contributed by atoms with Crippen molar-refractivity contribution in [1.82, 2.24) is 0 Å². The Morgan fingerprint density at radius 1 is 1.62 bits per heavy atom. The third-order valence-corrected chi connectivity index (χ3v) is 1.00. The summed E-state index contributed by atoms with van der Waals surface area (Å²) in [5.41, 5.74) is 7.03. The molecular weight excluding hydrogens is 98.1 g/mol. The number of rotatable bonds is 2. The van der Waals surface area contributed by atoms with E-state index in [1.807, 2.05) is 6.92 Å². The van der Waals surface area contributed by atoms with Gasteiger partial charge < -0.3 is 5.73 Å². The van der Waals surface area contributed by atoms with Crippen LogP contribution in [-0.4, -0.2) is 0 Å². The highest BCUT2D eigenvalue weighted by Crippen LogP contribution is 2.03. The summed E-state index contributed by atoms with van der Waals surface area (Å²) in [6.45, 7) is 9.10. The van der Waals surface area contributed by atoms with Gasteiger partial charge in [-0.05, 0) is 24.3 Å². The lowest BCUT2D eigenvalue weighted by Gasteiger charge is -1.93. The van der Waals surface area contributed by atoms with Crippen LogP contribution in [0.3, 0.4) is 0 Å². The largest absolute Gasteiger partial charge is 0.404 e. The standard InChI is InChI=1S/C7H11N/c1-4-6(2)7(3)5-8/h4-5H,1-2,8H2,3H3/b7-5+. The van der Waals surface area contributed by atoms with E-state index in [4.69, 9.17) is 5.73 Å². The number of allylic oxidation sites excluding steroid dienone is 3. The second-order valence-corrected chi connectivity index (χ2v) is 1.58. The molecule has 1 nitrogen and oxygen atoms in total. The topological polar surface area (TPSA) is 26.0 Å². The van der Waals surface area contributed by atoms with Gasteiger partial charge in [-0.2, -0.15) is 0 Å². The Labute approximate surface area is 50.2 Å². The van der Waals surface area contributed by atoms with Crippen LogP contribution in [0, 0.1) is 0 Å². The molecule has 0 unspecified atom stereocenters. The predicted molar refractivity (Wildman–Crippen MR) is 37.3 cm³/mol. The third kappa shape index (κ3) is 1.65. The van der Waals surface area contributed by atoms with Crippen LogP contribution in [-0.2, 0) is 0 Å². The quantitative estimate of drug-likeness (QED) is 0.535. The Balaban J connectivity index is 4.03. The van der Waals surface area contributed by atoms with E-state index < -0.39 is 0 Å². The van der Waals surface area contributed by atoms with Gasteiger partial charge >= 0.3 is 0 Å². The molecular formula is C7H11N. The zero-order chi connectivity index (χ0) is 6.57. The maximum Gasteiger partial charge on any atom is -0.00267 e. The predicted octanol–water partition coefficient (Wildman–Crippen LogP) is 1.59. The molecule has 0 aromatic heterocycles. The molecule has 8 heavy (non-hydrogen) atoms. The van der Waals surface area contributed by atoms with Crippen molar-refractivity contribution in [3.63, 3.8) is 0 Å².